The summed E-state index contributed by atoms with van der Waals surface area (Å²) in [5.41, 5.74) is 5.16. The first-order chi connectivity index (χ1) is 19.6. The maximum Gasteiger partial charge on any atom is 0.323 e. The first-order valence-corrected chi connectivity index (χ1v) is 14.7. The minimum absolute atomic E-state index is 0.0949. The number of aryl methyl sites for hydroxylation is 3. The van der Waals surface area contributed by atoms with Crippen molar-refractivity contribution in [2.45, 2.75) is 59.2 Å². The number of carbonyl (C=O) groups is 1. The average Bonchev–Trinajstić information content (AvgIpc) is 3.25. The lowest BCUT2D eigenvalue weighted by molar-refractivity contribution is 0.134. The topological polar surface area (TPSA) is 140 Å². The van der Waals surface area contributed by atoms with Gasteiger partial charge in [-0.15, -0.1) is 0 Å². The van der Waals surface area contributed by atoms with Crippen molar-refractivity contribution >= 4 is 27.7 Å². The number of nitrogens with zero attached hydrogens (tertiary/aromatic N) is 4. The fraction of sp³-hybridized carbons (Fsp3) is 0.310. The van der Waals surface area contributed by atoms with E-state index in [0.29, 0.717) is 47.2 Å². The van der Waals surface area contributed by atoms with E-state index in [9.17, 15) is 13.2 Å². The van der Waals surface area contributed by atoms with Crippen LogP contribution in [-0.4, -0.2) is 36.2 Å². The summed E-state index contributed by atoms with van der Waals surface area (Å²) in [6.07, 6.45) is 0. The summed E-state index contributed by atoms with van der Waals surface area (Å²) in [7, 11) is -4.01. The van der Waals surface area contributed by atoms with Crippen LogP contribution in [0.2, 0.25) is 0 Å². The molecular weight excluding hydrogens is 544 g/mol. The van der Waals surface area contributed by atoms with E-state index in [1.807, 2.05) is 32.0 Å². The van der Waals surface area contributed by atoms with Gasteiger partial charge in [-0.2, -0.15) is 0 Å². The minimum Gasteiger partial charge on any atom is -0.377 e. The summed E-state index contributed by atoms with van der Waals surface area (Å²) in [6, 6.07) is 12.2. The molecule has 0 unspecified atom stereocenters. The van der Waals surface area contributed by atoms with Gasteiger partial charge in [-0.1, -0.05) is 41.6 Å². The van der Waals surface area contributed by atoms with E-state index in [1.54, 1.807) is 49.9 Å². The molecule has 2 aromatic heterocycles. The van der Waals surface area contributed by atoms with E-state index in [-0.39, 0.29) is 29.9 Å². The minimum atomic E-state index is -4.01. The molecular formula is C29H32N6O5S. The van der Waals surface area contributed by atoms with Gasteiger partial charge < -0.3 is 14.6 Å². The second-order valence-corrected chi connectivity index (χ2v) is 11.5. The standard InChI is InChI=1S/C29H32N6O5S/c1-6-39-16-22-13-21(15-35-28-25(14-30-29(35)36)18(3)31-20(5)32-28)11-12-23(22)24-9-7-8-10-26(24)41(37,38)34-27-17(2)19(4)40-33-27/h7-13H,6,14-16H2,1-5H3,(H,30,36)(H,33,34). The number of rotatable bonds is 9. The van der Waals surface area contributed by atoms with Crippen molar-refractivity contribution in [2.24, 2.45) is 0 Å². The number of hydrogen-bond acceptors (Lipinski definition) is 8. The maximum absolute atomic E-state index is 13.5. The number of carbonyl (C=O) groups excluding carboxylic acids is 1. The summed E-state index contributed by atoms with van der Waals surface area (Å²) >= 11 is 0. The smallest absolute Gasteiger partial charge is 0.323 e. The Morgan fingerprint density at radius 3 is 2.59 bits per heavy atom. The largest absolute Gasteiger partial charge is 0.377 e. The van der Waals surface area contributed by atoms with E-state index in [4.69, 9.17) is 9.26 Å². The quantitative estimate of drug-likeness (QED) is 0.286. The van der Waals surface area contributed by atoms with Crippen LogP contribution < -0.4 is 14.9 Å². The highest BCUT2D eigenvalue weighted by atomic mass is 32.2. The van der Waals surface area contributed by atoms with Crippen LogP contribution in [-0.2, 0) is 34.5 Å². The summed E-state index contributed by atoms with van der Waals surface area (Å²) in [5.74, 6) is 1.87. The molecule has 1 aliphatic heterocycles. The van der Waals surface area contributed by atoms with Gasteiger partial charge in [0.15, 0.2) is 5.82 Å². The molecule has 0 spiro atoms. The summed E-state index contributed by atoms with van der Waals surface area (Å²) in [5, 5.41) is 6.76. The molecule has 0 aliphatic carbocycles. The third kappa shape index (κ3) is 5.66. The van der Waals surface area contributed by atoms with Crippen molar-refractivity contribution in [3.05, 3.63) is 82.0 Å². The second-order valence-electron chi connectivity index (χ2n) is 9.85. The molecule has 0 bridgehead atoms. The highest BCUT2D eigenvalue weighted by molar-refractivity contribution is 7.92. The van der Waals surface area contributed by atoms with Crippen LogP contribution in [0.5, 0.6) is 0 Å². The van der Waals surface area contributed by atoms with Gasteiger partial charge in [-0.05, 0) is 57.4 Å². The highest BCUT2D eigenvalue weighted by Crippen LogP contribution is 2.34. The number of amides is 2. The Labute approximate surface area is 239 Å². The first-order valence-electron chi connectivity index (χ1n) is 13.2. The number of aromatic nitrogens is 3. The average molecular weight is 577 g/mol. The summed E-state index contributed by atoms with van der Waals surface area (Å²) < 4.78 is 40.5. The lowest BCUT2D eigenvalue weighted by Crippen LogP contribution is -2.44. The zero-order valence-corrected chi connectivity index (χ0v) is 24.4. The zero-order valence-electron chi connectivity index (χ0n) is 23.6. The molecule has 0 fully saturated rings. The third-order valence-corrected chi connectivity index (χ3v) is 8.45. The number of nitrogens with one attached hydrogen (secondary N) is 2. The van der Waals surface area contributed by atoms with Crippen molar-refractivity contribution in [3.63, 3.8) is 0 Å². The molecule has 0 atom stereocenters. The monoisotopic (exact) mass is 576 g/mol. The SMILES string of the molecule is CCOCc1cc(CN2C(=O)NCc3c(C)nc(C)nc32)ccc1-c1ccccc1S(=O)(=O)Nc1noc(C)c1C. The third-order valence-electron chi connectivity index (χ3n) is 7.05. The predicted octanol–water partition coefficient (Wildman–Crippen LogP) is 4.93. The van der Waals surface area contributed by atoms with E-state index in [2.05, 4.69) is 25.2 Å². The van der Waals surface area contributed by atoms with Crippen molar-refractivity contribution in [1.29, 1.82) is 0 Å². The highest BCUT2D eigenvalue weighted by Gasteiger charge is 2.28. The lowest BCUT2D eigenvalue weighted by Gasteiger charge is -2.30. The lowest BCUT2D eigenvalue weighted by atomic mass is 9.97. The zero-order chi connectivity index (χ0) is 29.3. The Morgan fingerprint density at radius 1 is 1.07 bits per heavy atom. The van der Waals surface area contributed by atoms with Gasteiger partial charge in [0, 0.05) is 29.0 Å². The molecule has 5 rings (SSSR count). The number of fused-ring (bicyclic) bond motifs is 1. The Bertz CT molecular complexity index is 1730. The molecule has 11 nitrogen and oxygen atoms in total. The van der Waals surface area contributed by atoms with Gasteiger partial charge in [0.2, 0.25) is 0 Å². The molecule has 1 aliphatic rings. The van der Waals surface area contributed by atoms with Crippen molar-refractivity contribution < 1.29 is 22.5 Å². The van der Waals surface area contributed by atoms with Gasteiger partial charge in [-0.3, -0.25) is 9.62 Å². The van der Waals surface area contributed by atoms with Crippen LogP contribution in [0.1, 0.15) is 46.5 Å². The van der Waals surface area contributed by atoms with Gasteiger partial charge >= 0.3 is 6.03 Å². The van der Waals surface area contributed by atoms with Crippen LogP contribution in [0.3, 0.4) is 0 Å². The Kier molecular flexibility index (Phi) is 7.78. The van der Waals surface area contributed by atoms with Crippen molar-refractivity contribution in [3.8, 4) is 11.1 Å². The molecule has 3 heterocycles. The van der Waals surface area contributed by atoms with Crippen molar-refractivity contribution in [2.75, 3.05) is 16.2 Å². The fourth-order valence-corrected chi connectivity index (χ4v) is 6.07. The van der Waals surface area contributed by atoms with Crippen LogP contribution >= 0.6 is 0 Å². The van der Waals surface area contributed by atoms with Crippen LogP contribution in [0, 0.1) is 27.7 Å². The molecule has 2 aromatic carbocycles. The van der Waals surface area contributed by atoms with Gasteiger partial charge in [0.05, 0.1) is 24.6 Å². The maximum atomic E-state index is 13.5. The molecule has 0 radical (unpaired) electrons. The Balaban J connectivity index is 1.53. The van der Waals surface area contributed by atoms with E-state index >= 15 is 0 Å². The van der Waals surface area contributed by atoms with E-state index in [1.165, 1.54) is 0 Å². The summed E-state index contributed by atoms with van der Waals surface area (Å²) in [6.45, 7) is 10.4. The fourth-order valence-electron chi connectivity index (χ4n) is 4.79. The van der Waals surface area contributed by atoms with Gasteiger partial charge in [-0.25, -0.2) is 23.2 Å². The van der Waals surface area contributed by atoms with Crippen LogP contribution in [0.4, 0.5) is 16.4 Å². The molecule has 0 saturated heterocycles. The van der Waals surface area contributed by atoms with Gasteiger partial charge in [0.25, 0.3) is 10.0 Å². The molecule has 0 saturated carbocycles. The Hall–Kier alpha value is -4.29. The van der Waals surface area contributed by atoms with E-state index < -0.39 is 10.0 Å². The molecule has 4 aromatic rings. The number of sulfonamides is 1. The Morgan fingerprint density at radius 2 is 1.85 bits per heavy atom. The normalized spacial score (nSPS) is 13.2. The number of hydrogen-bond donors (Lipinski definition) is 2. The van der Waals surface area contributed by atoms with Crippen LogP contribution in [0.15, 0.2) is 51.9 Å². The molecule has 41 heavy (non-hydrogen) atoms. The van der Waals surface area contributed by atoms with Gasteiger partial charge in [0.1, 0.15) is 17.4 Å². The number of anilines is 2. The molecule has 214 valence electrons. The molecule has 12 heteroatoms. The molecule has 2 amide bonds. The second kappa shape index (κ2) is 11.3. The van der Waals surface area contributed by atoms with E-state index in [0.717, 1.165) is 22.4 Å². The first kappa shape index (κ1) is 28.2. The number of benzene rings is 2. The van der Waals surface area contributed by atoms with Crippen molar-refractivity contribution in [1.82, 2.24) is 20.4 Å². The number of urea groups is 1. The number of ether oxygens (including phenoxy) is 1. The molecule has 2 N–H and O–H groups in total. The van der Waals surface area contributed by atoms with Crippen LogP contribution in [0.25, 0.3) is 11.1 Å². The predicted molar refractivity (Wildman–Crippen MR) is 154 cm³/mol. The summed E-state index contributed by atoms with van der Waals surface area (Å²) in [4.78, 5) is 23.6.